The third-order valence-electron chi connectivity index (χ3n) is 5.05. The summed E-state index contributed by atoms with van der Waals surface area (Å²) >= 11 is 0. The predicted octanol–water partition coefficient (Wildman–Crippen LogP) is 4.44. The summed E-state index contributed by atoms with van der Waals surface area (Å²) in [6, 6.07) is 13.2. The topological polar surface area (TPSA) is 78.1 Å². The van der Waals surface area contributed by atoms with E-state index in [0.29, 0.717) is 11.3 Å². The molecule has 0 saturated carbocycles. The monoisotopic (exact) mass is 379 g/mol. The number of nitrogens with one attached hydrogen (secondary N) is 1. The summed E-state index contributed by atoms with van der Waals surface area (Å²) < 4.78 is 5.73. The molecule has 0 aliphatic rings. The van der Waals surface area contributed by atoms with Crippen LogP contribution in [0.2, 0.25) is 0 Å². The van der Waals surface area contributed by atoms with E-state index in [2.05, 4.69) is 29.2 Å². The van der Waals surface area contributed by atoms with Gasteiger partial charge in [0.1, 0.15) is 11.1 Å². The van der Waals surface area contributed by atoms with Crippen molar-refractivity contribution in [1.82, 2.24) is 0 Å². The van der Waals surface area contributed by atoms with Gasteiger partial charge >= 0.3 is 0 Å². The molecule has 2 N–H and O–H groups in total. The van der Waals surface area contributed by atoms with E-state index in [0.717, 1.165) is 35.3 Å². The Hall–Kier alpha value is -3.28. The summed E-state index contributed by atoms with van der Waals surface area (Å²) in [6.45, 7) is 9.84. The number of aryl methyl sites for hydroxylation is 1. The SMILES string of the molecule is CCN(CC)c1ccc2cc(C(=O)Nc3cccc(C)c3C)/c(=N\O)oc2c1. The van der Waals surface area contributed by atoms with Gasteiger partial charge in [0.2, 0.25) is 0 Å². The van der Waals surface area contributed by atoms with Gasteiger partial charge < -0.3 is 19.8 Å². The zero-order valence-electron chi connectivity index (χ0n) is 16.6. The molecule has 0 atom stereocenters. The van der Waals surface area contributed by atoms with Crippen LogP contribution in [0.1, 0.15) is 35.3 Å². The number of hydrogen-bond donors (Lipinski definition) is 2. The van der Waals surface area contributed by atoms with E-state index in [9.17, 15) is 10.0 Å². The van der Waals surface area contributed by atoms with Gasteiger partial charge in [-0.3, -0.25) is 4.79 Å². The summed E-state index contributed by atoms with van der Waals surface area (Å²) in [5.74, 6) is -0.389. The zero-order valence-corrected chi connectivity index (χ0v) is 16.6. The van der Waals surface area contributed by atoms with E-state index in [4.69, 9.17) is 4.42 Å². The molecule has 6 nitrogen and oxygen atoms in total. The minimum absolute atomic E-state index is 0.119. The second-order valence-electron chi connectivity index (χ2n) is 6.66. The van der Waals surface area contributed by atoms with E-state index in [1.165, 1.54) is 0 Å². The Balaban J connectivity index is 2.02. The molecule has 1 aromatic heterocycles. The predicted molar refractivity (Wildman–Crippen MR) is 111 cm³/mol. The number of carbonyl (C=O) groups excluding carboxylic acids is 1. The van der Waals surface area contributed by atoms with E-state index in [-0.39, 0.29) is 17.0 Å². The summed E-state index contributed by atoms with van der Waals surface area (Å²) in [5, 5.41) is 16.2. The summed E-state index contributed by atoms with van der Waals surface area (Å²) in [6.07, 6.45) is 0. The molecule has 1 heterocycles. The highest BCUT2D eigenvalue weighted by atomic mass is 16.5. The van der Waals surface area contributed by atoms with E-state index in [1.807, 2.05) is 50.2 Å². The third-order valence-corrected chi connectivity index (χ3v) is 5.05. The van der Waals surface area contributed by atoms with E-state index < -0.39 is 0 Å². The van der Waals surface area contributed by atoms with Gasteiger partial charge in [0.05, 0.1) is 0 Å². The molecule has 0 fully saturated rings. The highest BCUT2D eigenvalue weighted by Gasteiger charge is 2.15. The lowest BCUT2D eigenvalue weighted by Gasteiger charge is -2.21. The largest absolute Gasteiger partial charge is 0.435 e. The van der Waals surface area contributed by atoms with Crippen LogP contribution in [0.4, 0.5) is 11.4 Å². The van der Waals surface area contributed by atoms with Gasteiger partial charge in [-0.25, -0.2) is 0 Å². The second-order valence-corrected chi connectivity index (χ2v) is 6.66. The molecule has 0 saturated heterocycles. The maximum Gasteiger partial charge on any atom is 0.268 e. The van der Waals surface area contributed by atoms with E-state index in [1.54, 1.807) is 6.07 Å². The first-order valence-corrected chi connectivity index (χ1v) is 9.37. The molecule has 3 aromatic rings. The Morgan fingerprint density at radius 2 is 1.89 bits per heavy atom. The molecule has 28 heavy (non-hydrogen) atoms. The van der Waals surface area contributed by atoms with Gasteiger partial charge in [0.15, 0.2) is 0 Å². The minimum atomic E-state index is -0.389. The van der Waals surface area contributed by atoms with Crippen molar-refractivity contribution in [2.24, 2.45) is 5.16 Å². The molecule has 0 spiro atoms. The van der Waals surface area contributed by atoms with Crippen LogP contribution in [0.5, 0.6) is 0 Å². The quantitative estimate of drug-likeness (QED) is 0.507. The molecule has 0 aliphatic heterocycles. The first-order chi connectivity index (χ1) is 13.5. The zero-order chi connectivity index (χ0) is 20.3. The Kier molecular flexibility index (Phi) is 5.68. The van der Waals surface area contributed by atoms with Gasteiger partial charge in [-0.2, -0.15) is 0 Å². The van der Waals surface area contributed by atoms with Gasteiger partial charge in [0.25, 0.3) is 11.5 Å². The maximum atomic E-state index is 12.8. The molecule has 1 amide bonds. The van der Waals surface area contributed by atoms with Gasteiger partial charge in [-0.1, -0.05) is 12.1 Å². The Bertz CT molecular complexity index is 1080. The Morgan fingerprint density at radius 1 is 1.14 bits per heavy atom. The molecule has 0 aliphatic carbocycles. The summed E-state index contributed by atoms with van der Waals surface area (Å²) in [7, 11) is 0. The van der Waals surface area contributed by atoms with Gasteiger partial charge in [-0.15, -0.1) is 0 Å². The smallest absolute Gasteiger partial charge is 0.268 e. The van der Waals surface area contributed by atoms with Crippen molar-refractivity contribution in [3.05, 3.63) is 64.7 Å². The fraction of sp³-hybridized carbons (Fsp3) is 0.273. The lowest BCUT2D eigenvalue weighted by atomic mass is 10.1. The average Bonchev–Trinajstić information content (AvgIpc) is 2.71. The van der Waals surface area contributed by atoms with Crippen LogP contribution in [0, 0.1) is 13.8 Å². The summed E-state index contributed by atoms with van der Waals surface area (Å²) in [4.78, 5) is 15.0. The number of fused-ring (bicyclic) bond motifs is 1. The normalized spacial score (nSPS) is 11.6. The number of hydrogen-bond acceptors (Lipinski definition) is 5. The van der Waals surface area contributed by atoms with Crippen molar-refractivity contribution in [2.45, 2.75) is 27.7 Å². The number of amides is 1. The van der Waals surface area contributed by atoms with E-state index >= 15 is 0 Å². The Labute approximate surface area is 164 Å². The fourth-order valence-corrected chi connectivity index (χ4v) is 3.21. The van der Waals surface area contributed by atoms with Crippen LogP contribution in [-0.4, -0.2) is 24.2 Å². The molecular formula is C22H25N3O3. The molecule has 0 radical (unpaired) electrons. The highest BCUT2D eigenvalue weighted by Crippen LogP contribution is 2.23. The highest BCUT2D eigenvalue weighted by molar-refractivity contribution is 6.05. The van der Waals surface area contributed by atoms with Crippen molar-refractivity contribution in [2.75, 3.05) is 23.3 Å². The van der Waals surface area contributed by atoms with Crippen molar-refractivity contribution < 1.29 is 14.4 Å². The van der Waals surface area contributed by atoms with Crippen LogP contribution in [0.3, 0.4) is 0 Å². The number of rotatable bonds is 5. The first-order valence-electron chi connectivity index (χ1n) is 9.37. The van der Waals surface area contributed by atoms with Gasteiger partial charge in [-0.05, 0) is 68.2 Å². The van der Waals surface area contributed by atoms with Crippen molar-refractivity contribution in [1.29, 1.82) is 0 Å². The van der Waals surface area contributed by atoms with Crippen LogP contribution in [-0.2, 0) is 0 Å². The molecule has 3 rings (SSSR count). The maximum absolute atomic E-state index is 12.8. The molecule has 146 valence electrons. The second kappa shape index (κ2) is 8.17. The number of carbonyl (C=O) groups is 1. The minimum Gasteiger partial charge on any atom is -0.435 e. The first kappa shape index (κ1) is 19.5. The lowest BCUT2D eigenvalue weighted by Crippen LogP contribution is -2.23. The lowest BCUT2D eigenvalue weighted by molar-refractivity contribution is 0.102. The van der Waals surface area contributed by atoms with Crippen LogP contribution in [0.25, 0.3) is 11.0 Å². The fourth-order valence-electron chi connectivity index (χ4n) is 3.21. The molecule has 6 heteroatoms. The number of benzene rings is 2. The van der Waals surface area contributed by atoms with Gasteiger partial charge in [0, 0.05) is 35.9 Å². The summed E-state index contributed by atoms with van der Waals surface area (Å²) in [5.41, 5.74) is 4.40. The Morgan fingerprint density at radius 3 is 2.57 bits per heavy atom. The van der Waals surface area contributed by atoms with Crippen LogP contribution < -0.4 is 15.8 Å². The molecule has 0 unspecified atom stereocenters. The van der Waals surface area contributed by atoms with Crippen LogP contribution >= 0.6 is 0 Å². The standard InChI is InChI=1S/C22H25N3O3/c1-5-25(6-2)17-11-10-16-12-18(22(24-27)28-20(16)13-17)21(26)23-19-9-7-8-14(3)15(19)4/h7-13,27H,5-6H2,1-4H3,(H,23,26)/b24-22+. The average molecular weight is 379 g/mol. The molecule has 2 aromatic carbocycles. The van der Waals surface area contributed by atoms with Crippen molar-refractivity contribution in [3.63, 3.8) is 0 Å². The third kappa shape index (κ3) is 3.71. The van der Waals surface area contributed by atoms with Crippen molar-refractivity contribution in [3.8, 4) is 0 Å². The molecule has 0 bridgehead atoms. The number of nitrogens with zero attached hydrogens (tertiary/aromatic N) is 2. The van der Waals surface area contributed by atoms with Crippen LogP contribution in [0.15, 0.2) is 52.0 Å². The van der Waals surface area contributed by atoms with Crippen molar-refractivity contribution >= 4 is 28.3 Å². The molecular weight excluding hydrogens is 354 g/mol. The number of anilines is 2.